The van der Waals surface area contributed by atoms with Gasteiger partial charge in [-0.05, 0) is 53.2 Å². The van der Waals surface area contributed by atoms with Gasteiger partial charge in [0.1, 0.15) is 0 Å². The van der Waals surface area contributed by atoms with Crippen molar-refractivity contribution in [1.29, 1.82) is 0 Å². The summed E-state index contributed by atoms with van der Waals surface area (Å²) in [7, 11) is -0.349. The molecule has 0 amide bonds. The van der Waals surface area contributed by atoms with Gasteiger partial charge in [-0.2, -0.15) is 0 Å². The van der Waals surface area contributed by atoms with Crippen molar-refractivity contribution in [1.82, 2.24) is 4.31 Å². The summed E-state index contributed by atoms with van der Waals surface area (Å²) in [6.45, 7) is 2.05. The summed E-state index contributed by atoms with van der Waals surface area (Å²) >= 11 is 5.10. The normalized spacial score (nSPS) is 13.4. The van der Waals surface area contributed by atoms with Crippen molar-refractivity contribution in [2.75, 3.05) is 19.4 Å². The second-order valence-electron chi connectivity index (χ2n) is 4.82. The number of sulfonamides is 1. The maximum absolute atomic E-state index is 12.1. The minimum Gasteiger partial charge on any atom is -0.378 e. The standard InChI is InChI=1S/C14H17BrN2O2S2/c1-10(13-7-8-14(15)20-13)16-11-5-4-6-12(9-11)21(18,19)17(2)3/h4-10,16H,1-3H3. The van der Waals surface area contributed by atoms with Gasteiger partial charge in [-0.1, -0.05) is 6.07 Å². The topological polar surface area (TPSA) is 49.4 Å². The molecule has 0 aliphatic rings. The number of halogens is 1. The molecular weight excluding hydrogens is 372 g/mol. The van der Waals surface area contributed by atoms with Crippen LogP contribution in [-0.2, 0) is 10.0 Å². The van der Waals surface area contributed by atoms with E-state index in [1.807, 2.05) is 25.1 Å². The molecule has 1 heterocycles. The second kappa shape index (κ2) is 6.48. The van der Waals surface area contributed by atoms with E-state index in [9.17, 15) is 8.42 Å². The molecule has 0 saturated heterocycles. The Morgan fingerprint density at radius 1 is 1.24 bits per heavy atom. The summed E-state index contributed by atoms with van der Waals surface area (Å²) in [6, 6.07) is 11.0. The largest absolute Gasteiger partial charge is 0.378 e. The van der Waals surface area contributed by atoms with Crippen LogP contribution in [0.1, 0.15) is 17.8 Å². The maximum atomic E-state index is 12.1. The molecule has 1 aromatic heterocycles. The van der Waals surface area contributed by atoms with Gasteiger partial charge in [-0.3, -0.25) is 0 Å². The average molecular weight is 389 g/mol. The Morgan fingerprint density at radius 3 is 2.52 bits per heavy atom. The van der Waals surface area contributed by atoms with Crippen LogP contribution >= 0.6 is 27.3 Å². The Balaban J connectivity index is 2.22. The third-order valence-electron chi connectivity index (χ3n) is 3.02. The highest BCUT2D eigenvalue weighted by Crippen LogP contribution is 2.29. The summed E-state index contributed by atoms with van der Waals surface area (Å²) in [5, 5.41) is 3.33. The fourth-order valence-corrected chi connectivity index (χ4v) is 4.21. The van der Waals surface area contributed by atoms with E-state index < -0.39 is 10.0 Å². The Kier molecular flexibility index (Phi) is 5.08. The number of anilines is 1. The lowest BCUT2D eigenvalue weighted by Crippen LogP contribution is -2.22. The van der Waals surface area contributed by atoms with Crippen molar-refractivity contribution in [3.63, 3.8) is 0 Å². The first-order chi connectivity index (χ1) is 9.80. The first-order valence-corrected chi connectivity index (χ1v) is 9.40. The van der Waals surface area contributed by atoms with Crippen LogP contribution in [0.2, 0.25) is 0 Å². The number of benzene rings is 1. The molecule has 1 N–H and O–H groups in total. The average Bonchev–Trinajstić information content (AvgIpc) is 2.85. The van der Waals surface area contributed by atoms with E-state index in [-0.39, 0.29) is 10.9 Å². The van der Waals surface area contributed by atoms with E-state index in [1.165, 1.54) is 23.3 Å². The molecule has 2 rings (SSSR count). The van der Waals surface area contributed by atoms with E-state index in [2.05, 4.69) is 21.2 Å². The quantitative estimate of drug-likeness (QED) is 0.843. The SMILES string of the molecule is CC(Nc1cccc(S(=O)(=O)N(C)C)c1)c1ccc(Br)s1. The van der Waals surface area contributed by atoms with Crippen molar-refractivity contribution in [2.24, 2.45) is 0 Å². The van der Waals surface area contributed by atoms with Gasteiger partial charge in [0.05, 0.1) is 14.7 Å². The second-order valence-corrected chi connectivity index (χ2v) is 9.47. The number of hydrogen-bond donors (Lipinski definition) is 1. The number of hydrogen-bond acceptors (Lipinski definition) is 4. The Morgan fingerprint density at radius 2 is 1.95 bits per heavy atom. The molecule has 0 aliphatic carbocycles. The lowest BCUT2D eigenvalue weighted by Gasteiger charge is -2.16. The van der Waals surface area contributed by atoms with Crippen LogP contribution in [0, 0.1) is 0 Å². The molecule has 1 unspecified atom stereocenters. The highest BCUT2D eigenvalue weighted by Gasteiger charge is 2.17. The molecule has 0 fully saturated rings. The predicted octanol–water partition coefficient (Wildman–Crippen LogP) is 3.93. The van der Waals surface area contributed by atoms with Crippen LogP contribution in [-0.4, -0.2) is 26.8 Å². The van der Waals surface area contributed by atoms with Crippen molar-refractivity contribution in [2.45, 2.75) is 17.9 Å². The minimum atomic E-state index is -3.41. The Bertz CT molecular complexity index is 726. The summed E-state index contributed by atoms with van der Waals surface area (Å²) in [6.07, 6.45) is 0. The Hall–Kier alpha value is -0.890. The first-order valence-electron chi connectivity index (χ1n) is 6.35. The van der Waals surface area contributed by atoms with Crippen molar-refractivity contribution in [3.05, 3.63) is 45.1 Å². The van der Waals surface area contributed by atoms with Gasteiger partial charge in [-0.15, -0.1) is 11.3 Å². The zero-order chi connectivity index (χ0) is 15.6. The third kappa shape index (κ3) is 3.85. The van der Waals surface area contributed by atoms with Crippen molar-refractivity contribution in [3.8, 4) is 0 Å². The molecule has 4 nitrogen and oxygen atoms in total. The molecule has 2 aromatic rings. The molecule has 114 valence electrons. The van der Waals surface area contributed by atoms with Crippen LogP contribution < -0.4 is 5.32 Å². The van der Waals surface area contributed by atoms with Gasteiger partial charge in [0.25, 0.3) is 0 Å². The van der Waals surface area contributed by atoms with Gasteiger partial charge in [-0.25, -0.2) is 12.7 Å². The van der Waals surface area contributed by atoms with Gasteiger partial charge in [0.2, 0.25) is 10.0 Å². The molecule has 0 bridgehead atoms. The smallest absolute Gasteiger partial charge is 0.242 e. The lowest BCUT2D eigenvalue weighted by atomic mass is 10.2. The fraction of sp³-hybridized carbons (Fsp3) is 0.286. The molecule has 0 spiro atoms. The first kappa shape index (κ1) is 16.5. The zero-order valence-electron chi connectivity index (χ0n) is 12.0. The Labute approximate surface area is 138 Å². The molecule has 0 radical (unpaired) electrons. The predicted molar refractivity (Wildman–Crippen MR) is 91.4 cm³/mol. The van der Waals surface area contributed by atoms with Gasteiger partial charge >= 0.3 is 0 Å². The van der Waals surface area contributed by atoms with E-state index >= 15 is 0 Å². The molecule has 0 saturated carbocycles. The van der Waals surface area contributed by atoms with Crippen LogP contribution in [0.4, 0.5) is 5.69 Å². The summed E-state index contributed by atoms with van der Waals surface area (Å²) < 4.78 is 26.6. The fourth-order valence-electron chi connectivity index (χ4n) is 1.84. The zero-order valence-corrected chi connectivity index (χ0v) is 15.2. The molecule has 7 heteroatoms. The van der Waals surface area contributed by atoms with Gasteiger partial charge in [0, 0.05) is 24.7 Å². The van der Waals surface area contributed by atoms with Crippen LogP contribution in [0.25, 0.3) is 0 Å². The highest BCUT2D eigenvalue weighted by atomic mass is 79.9. The van der Waals surface area contributed by atoms with Crippen LogP contribution in [0.15, 0.2) is 45.1 Å². The number of thiophene rings is 1. The number of rotatable bonds is 5. The van der Waals surface area contributed by atoms with Crippen LogP contribution in [0.3, 0.4) is 0 Å². The molecule has 0 aliphatic heterocycles. The third-order valence-corrected chi connectivity index (χ3v) is 6.63. The van der Waals surface area contributed by atoms with Gasteiger partial charge in [0.15, 0.2) is 0 Å². The van der Waals surface area contributed by atoms with Gasteiger partial charge < -0.3 is 5.32 Å². The van der Waals surface area contributed by atoms with Crippen LogP contribution in [0.5, 0.6) is 0 Å². The van der Waals surface area contributed by atoms with Crippen molar-refractivity contribution >= 4 is 43.0 Å². The summed E-state index contributed by atoms with van der Waals surface area (Å²) in [5.74, 6) is 0. The van der Waals surface area contributed by atoms with E-state index in [4.69, 9.17) is 0 Å². The maximum Gasteiger partial charge on any atom is 0.242 e. The molecular formula is C14H17BrN2O2S2. The number of nitrogens with zero attached hydrogens (tertiary/aromatic N) is 1. The summed E-state index contributed by atoms with van der Waals surface area (Å²) in [5.41, 5.74) is 0.787. The monoisotopic (exact) mass is 388 g/mol. The molecule has 1 atom stereocenters. The van der Waals surface area contributed by atoms with E-state index in [1.54, 1.807) is 29.5 Å². The molecule has 21 heavy (non-hydrogen) atoms. The lowest BCUT2D eigenvalue weighted by molar-refractivity contribution is 0.521. The highest BCUT2D eigenvalue weighted by molar-refractivity contribution is 9.11. The van der Waals surface area contributed by atoms with E-state index in [0.717, 1.165) is 9.47 Å². The van der Waals surface area contributed by atoms with E-state index in [0.29, 0.717) is 0 Å². The van der Waals surface area contributed by atoms with Crippen molar-refractivity contribution < 1.29 is 8.42 Å². The number of nitrogens with one attached hydrogen (secondary N) is 1. The minimum absolute atomic E-state index is 0.110. The summed E-state index contributed by atoms with van der Waals surface area (Å²) in [4.78, 5) is 1.47. The molecule has 1 aromatic carbocycles.